The zero-order chi connectivity index (χ0) is 26.4. The highest BCUT2D eigenvalue weighted by Gasteiger charge is 2.12. The molecule has 190 valence electrons. The van der Waals surface area contributed by atoms with E-state index in [-0.39, 0.29) is 18.2 Å². The molecule has 0 fully saturated rings. The molecule has 1 aromatic heterocycles. The molecule has 3 aromatic carbocycles. The van der Waals surface area contributed by atoms with Gasteiger partial charge in [0, 0.05) is 29.1 Å². The normalized spacial score (nSPS) is 10.6. The Labute approximate surface area is 220 Å². The number of rotatable bonds is 9. The highest BCUT2D eigenvalue weighted by molar-refractivity contribution is 6.31. The molecule has 0 radical (unpaired) electrons. The van der Waals surface area contributed by atoms with Crippen LogP contribution >= 0.6 is 11.6 Å². The van der Waals surface area contributed by atoms with Crippen molar-refractivity contribution >= 4 is 34.8 Å². The molecule has 2 amide bonds. The van der Waals surface area contributed by atoms with Crippen LogP contribution in [0.5, 0.6) is 11.5 Å². The highest BCUT2D eigenvalue weighted by Crippen LogP contribution is 2.28. The van der Waals surface area contributed by atoms with Crippen LogP contribution in [0.1, 0.15) is 27.2 Å². The Balaban J connectivity index is 1.33. The molecule has 0 spiro atoms. The minimum Gasteiger partial charge on any atom is -0.493 e. The molecule has 0 aliphatic heterocycles. The van der Waals surface area contributed by atoms with E-state index in [1.807, 2.05) is 47.9 Å². The number of nitrogens with one attached hydrogen (secondary N) is 2. The van der Waals surface area contributed by atoms with Crippen molar-refractivity contribution < 1.29 is 19.1 Å². The first-order valence-electron chi connectivity index (χ1n) is 11.5. The van der Waals surface area contributed by atoms with Crippen LogP contribution in [0, 0.1) is 6.92 Å². The number of benzene rings is 3. The van der Waals surface area contributed by atoms with Crippen molar-refractivity contribution in [2.75, 3.05) is 24.9 Å². The zero-order valence-electron chi connectivity index (χ0n) is 20.7. The lowest BCUT2D eigenvalue weighted by atomic mass is 10.1. The maximum Gasteiger partial charge on any atom is 0.275 e. The molecule has 0 atom stereocenters. The summed E-state index contributed by atoms with van der Waals surface area (Å²) in [4.78, 5) is 29.3. The van der Waals surface area contributed by atoms with Crippen molar-refractivity contribution in [3.63, 3.8) is 0 Å². The number of hydrogen-bond acceptors (Lipinski definition) is 5. The van der Waals surface area contributed by atoms with Gasteiger partial charge in [0.15, 0.2) is 11.5 Å². The number of aryl methyl sites for hydroxylation is 1. The minimum absolute atomic E-state index is 0.139. The summed E-state index contributed by atoms with van der Waals surface area (Å²) in [6.45, 7) is 2.42. The van der Waals surface area contributed by atoms with Gasteiger partial charge in [-0.05, 0) is 60.0 Å². The molecular formula is C28H27ClN4O4. The highest BCUT2D eigenvalue weighted by atomic mass is 35.5. The number of hydrogen-bond donors (Lipinski definition) is 2. The van der Waals surface area contributed by atoms with Crippen LogP contribution in [0.3, 0.4) is 0 Å². The summed E-state index contributed by atoms with van der Waals surface area (Å²) in [5, 5.41) is 6.30. The third kappa shape index (κ3) is 6.68. The topological polar surface area (TPSA) is 94.5 Å². The van der Waals surface area contributed by atoms with E-state index in [2.05, 4.69) is 15.6 Å². The molecule has 0 bridgehead atoms. The van der Waals surface area contributed by atoms with Gasteiger partial charge in [0.1, 0.15) is 5.69 Å². The molecule has 0 aliphatic carbocycles. The third-order valence-electron chi connectivity index (χ3n) is 5.73. The predicted octanol–water partition coefficient (Wildman–Crippen LogP) is 5.34. The van der Waals surface area contributed by atoms with Gasteiger partial charge >= 0.3 is 0 Å². The maximum atomic E-state index is 12.6. The van der Waals surface area contributed by atoms with Gasteiger partial charge in [0.25, 0.3) is 5.91 Å². The van der Waals surface area contributed by atoms with E-state index in [1.54, 1.807) is 51.0 Å². The summed E-state index contributed by atoms with van der Waals surface area (Å²) in [6.07, 6.45) is 3.50. The molecule has 0 saturated carbocycles. The molecule has 0 unspecified atom stereocenters. The fraction of sp³-hybridized carbons (Fsp3) is 0.179. The summed E-state index contributed by atoms with van der Waals surface area (Å²) in [5.74, 6) is 0.748. The fourth-order valence-corrected chi connectivity index (χ4v) is 3.94. The van der Waals surface area contributed by atoms with Crippen LogP contribution in [-0.2, 0) is 17.8 Å². The summed E-state index contributed by atoms with van der Waals surface area (Å²) in [5.41, 5.74) is 4.37. The average Bonchev–Trinajstić information content (AvgIpc) is 3.36. The van der Waals surface area contributed by atoms with E-state index < -0.39 is 0 Å². The van der Waals surface area contributed by atoms with Crippen LogP contribution in [0.2, 0.25) is 5.02 Å². The van der Waals surface area contributed by atoms with Crippen molar-refractivity contribution in [3.8, 4) is 11.5 Å². The van der Waals surface area contributed by atoms with E-state index in [9.17, 15) is 9.59 Å². The first kappa shape index (κ1) is 25.8. The number of carbonyl (C=O) groups excluding carboxylic acids is 2. The van der Waals surface area contributed by atoms with Gasteiger partial charge < -0.3 is 24.7 Å². The van der Waals surface area contributed by atoms with Crippen molar-refractivity contribution in [2.45, 2.75) is 19.9 Å². The average molecular weight is 519 g/mol. The quantitative estimate of drug-likeness (QED) is 0.312. The van der Waals surface area contributed by atoms with Crippen LogP contribution < -0.4 is 20.1 Å². The monoisotopic (exact) mass is 518 g/mol. The first-order valence-corrected chi connectivity index (χ1v) is 11.9. The Morgan fingerprint density at radius 2 is 1.65 bits per heavy atom. The molecule has 2 N–H and O–H groups in total. The number of anilines is 2. The second kappa shape index (κ2) is 11.6. The number of ether oxygens (including phenoxy) is 2. The Hall–Kier alpha value is -4.30. The summed E-state index contributed by atoms with van der Waals surface area (Å²) >= 11 is 6.03. The molecule has 8 nitrogen and oxygen atoms in total. The van der Waals surface area contributed by atoms with Gasteiger partial charge in [0.2, 0.25) is 5.91 Å². The SMILES string of the molecule is COc1ccc(CC(=O)Nc2ccc(Cn3cnc(C(=O)Nc4cc(Cl)ccc4C)c3)cc2)cc1OC. The van der Waals surface area contributed by atoms with E-state index in [0.717, 1.165) is 16.7 Å². The smallest absolute Gasteiger partial charge is 0.275 e. The lowest BCUT2D eigenvalue weighted by Gasteiger charge is -2.10. The molecular weight excluding hydrogens is 492 g/mol. The number of amides is 2. The lowest BCUT2D eigenvalue weighted by Crippen LogP contribution is -2.14. The Kier molecular flexibility index (Phi) is 8.10. The number of aromatic nitrogens is 2. The van der Waals surface area contributed by atoms with E-state index >= 15 is 0 Å². The van der Waals surface area contributed by atoms with Gasteiger partial charge in [-0.1, -0.05) is 35.9 Å². The maximum absolute atomic E-state index is 12.6. The Morgan fingerprint density at radius 3 is 2.38 bits per heavy atom. The molecule has 37 heavy (non-hydrogen) atoms. The van der Waals surface area contributed by atoms with Crippen molar-refractivity contribution in [3.05, 3.63) is 101 Å². The molecule has 4 rings (SSSR count). The molecule has 1 heterocycles. The van der Waals surface area contributed by atoms with E-state index in [0.29, 0.717) is 40.1 Å². The van der Waals surface area contributed by atoms with Gasteiger partial charge in [-0.25, -0.2) is 4.98 Å². The zero-order valence-corrected chi connectivity index (χ0v) is 21.5. The molecule has 9 heteroatoms. The standard InChI is InChI=1S/C28H27ClN4O4/c1-18-4-8-21(29)14-23(18)32-28(35)24-16-33(17-30-24)15-19-5-9-22(10-6-19)31-27(34)13-20-7-11-25(36-2)26(12-20)37-3/h4-12,14,16-17H,13,15H2,1-3H3,(H,31,34)(H,32,35). The first-order chi connectivity index (χ1) is 17.8. The molecule has 0 aliphatic rings. The van der Waals surface area contributed by atoms with Crippen LogP contribution in [-0.4, -0.2) is 35.6 Å². The Bertz CT molecular complexity index is 1420. The third-order valence-corrected chi connectivity index (χ3v) is 5.96. The lowest BCUT2D eigenvalue weighted by molar-refractivity contribution is -0.115. The van der Waals surface area contributed by atoms with Gasteiger partial charge in [-0.2, -0.15) is 0 Å². The van der Waals surface area contributed by atoms with Gasteiger partial charge in [-0.15, -0.1) is 0 Å². The number of methoxy groups -OCH3 is 2. The predicted molar refractivity (Wildman–Crippen MR) is 144 cm³/mol. The molecule has 4 aromatic rings. The fourth-order valence-electron chi connectivity index (χ4n) is 3.76. The van der Waals surface area contributed by atoms with Crippen molar-refractivity contribution in [1.29, 1.82) is 0 Å². The van der Waals surface area contributed by atoms with Crippen molar-refractivity contribution in [1.82, 2.24) is 9.55 Å². The molecule has 0 saturated heterocycles. The number of imidazole rings is 1. The number of nitrogens with zero attached hydrogens (tertiary/aromatic N) is 2. The second-order valence-electron chi connectivity index (χ2n) is 8.46. The van der Waals surface area contributed by atoms with Crippen LogP contribution in [0.15, 0.2) is 73.2 Å². The van der Waals surface area contributed by atoms with Crippen molar-refractivity contribution in [2.24, 2.45) is 0 Å². The Morgan fingerprint density at radius 1 is 0.919 bits per heavy atom. The van der Waals surface area contributed by atoms with Gasteiger partial charge in [-0.3, -0.25) is 9.59 Å². The number of halogens is 1. The van der Waals surface area contributed by atoms with E-state index in [4.69, 9.17) is 21.1 Å². The summed E-state index contributed by atoms with van der Waals surface area (Å²) < 4.78 is 12.4. The van der Waals surface area contributed by atoms with Gasteiger partial charge in [0.05, 0.1) is 27.0 Å². The largest absolute Gasteiger partial charge is 0.493 e. The number of carbonyl (C=O) groups is 2. The van der Waals surface area contributed by atoms with Crippen LogP contribution in [0.4, 0.5) is 11.4 Å². The summed E-state index contributed by atoms with van der Waals surface area (Å²) in [7, 11) is 3.13. The van der Waals surface area contributed by atoms with Crippen LogP contribution in [0.25, 0.3) is 0 Å². The second-order valence-corrected chi connectivity index (χ2v) is 8.89. The minimum atomic E-state index is -0.309. The summed E-state index contributed by atoms with van der Waals surface area (Å²) in [6, 6.07) is 18.2. The van der Waals surface area contributed by atoms with E-state index in [1.165, 1.54) is 0 Å².